The number of rotatable bonds is 5. The molecule has 1 aliphatic rings. The van der Waals surface area contributed by atoms with Crippen molar-refractivity contribution in [2.75, 3.05) is 6.61 Å². The van der Waals surface area contributed by atoms with Crippen molar-refractivity contribution in [1.82, 2.24) is 4.90 Å². The normalized spacial score (nSPS) is 14.5. The van der Waals surface area contributed by atoms with E-state index in [1.54, 1.807) is 24.3 Å². The number of carbonyl (C=O) groups excluding carboxylic acids is 2. The quantitative estimate of drug-likeness (QED) is 0.780. The van der Waals surface area contributed by atoms with Gasteiger partial charge >= 0.3 is 0 Å². The Morgan fingerprint density at radius 2 is 1.62 bits per heavy atom. The molecule has 2 amide bonds. The third-order valence-corrected chi connectivity index (χ3v) is 4.10. The predicted molar refractivity (Wildman–Crippen MR) is 92.4 cm³/mol. The van der Waals surface area contributed by atoms with Gasteiger partial charge in [0.2, 0.25) is 0 Å². The molecule has 0 atom stereocenters. The van der Waals surface area contributed by atoms with Crippen molar-refractivity contribution in [2.45, 2.75) is 13.5 Å². The second-order valence-corrected chi connectivity index (χ2v) is 5.71. The first kappa shape index (κ1) is 16.3. The van der Waals surface area contributed by atoms with E-state index in [0.717, 1.165) is 5.56 Å². The number of halogens is 1. The van der Waals surface area contributed by atoms with Crippen LogP contribution in [0.5, 0.6) is 5.75 Å². The van der Waals surface area contributed by atoms with E-state index < -0.39 is 5.91 Å². The SMILES string of the molecule is CCOc1ccc(C2=C(Cl)C(=O)N(Cc3ccccc3)C2=O)cc1. The summed E-state index contributed by atoms with van der Waals surface area (Å²) in [5, 5.41) is -0.0416. The molecule has 1 heterocycles. The van der Waals surface area contributed by atoms with Crippen LogP contribution in [0.1, 0.15) is 18.1 Å². The first-order valence-electron chi connectivity index (χ1n) is 7.65. The summed E-state index contributed by atoms with van der Waals surface area (Å²) in [6, 6.07) is 16.3. The van der Waals surface area contributed by atoms with Crippen LogP contribution in [0.3, 0.4) is 0 Å². The molecule has 24 heavy (non-hydrogen) atoms. The molecule has 4 nitrogen and oxygen atoms in total. The molecular weight excluding hydrogens is 326 g/mol. The first-order chi connectivity index (χ1) is 11.6. The molecular formula is C19H16ClNO3. The first-order valence-corrected chi connectivity index (χ1v) is 8.02. The summed E-state index contributed by atoms with van der Waals surface area (Å²) in [6.07, 6.45) is 0. The van der Waals surface area contributed by atoms with E-state index in [0.29, 0.717) is 17.9 Å². The van der Waals surface area contributed by atoms with Crippen molar-refractivity contribution in [3.63, 3.8) is 0 Å². The molecule has 0 saturated carbocycles. The number of carbonyl (C=O) groups is 2. The van der Waals surface area contributed by atoms with Crippen LogP contribution in [0, 0.1) is 0 Å². The lowest BCUT2D eigenvalue weighted by molar-refractivity contribution is -0.137. The van der Waals surface area contributed by atoms with Crippen molar-refractivity contribution < 1.29 is 14.3 Å². The minimum Gasteiger partial charge on any atom is -0.494 e. The Morgan fingerprint density at radius 3 is 2.25 bits per heavy atom. The minimum absolute atomic E-state index is 0.0416. The van der Waals surface area contributed by atoms with Gasteiger partial charge < -0.3 is 4.74 Å². The number of hydrogen-bond acceptors (Lipinski definition) is 3. The van der Waals surface area contributed by atoms with Crippen molar-refractivity contribution in [3.8, 4) is 5.75 Å². The summed E-state index contributed by atoms with van der Waals surface area (Å²) < 4.78 is 5.39. The highest BCUT2D eigenvalue weighted by atomic mass is 35.5. The Labute approximate surface area is 145 Å². The van der Waals surface area contributed by atoms with E-state index in [1.807, 2.05) is 37.3 Å². The highest BCUT2D eigenvalue weighted by Gasteiger charge is 2.38. The van der Waals surface area contributed by atoms with Gasteiger partial charge in [0.1, 0.15) is 10.8 Å². The summed E-state index contributed by atoms with van der Waals surface area (Å²) in [5.41, 5.74) is 1.72. The molecule has 0 unspecified atom stereocenters. The fourth-order valence-corrected chi connectivity index (χ4v) is 2.88. The molecule has 5 heteroatoms. The maximum absolute atomic E-state index is 12.7. The number of amides is 2. The zero-order valence-electron chi connectivity index (χ0n) is 13.2. The third-order valence-electron chi connectivity index (χ3n) is 3.75. The lowest BCUT2D eigenvalue weighted by atomic mass is 10.1. The zero-order valence-corrected chi connectivity index (χ0v) is 13.9. The number of hydrogen-bond donors (Lipinski definition) is 0. The smallest absolute Gasteiger partial charge is 0.273 e. The lowest BCUT2D eigenvalue weighted by Gasteiger charge is -2.14. The average molecular weight is 342 g/mol. The van der Waals surface area contributed by atoms with Crippen LogP contribution in [-0.4, -0.2) is 23.3 Å². The van der Waals surface area contributed by atoms with Crippen molar-refractivity contribution in [2.24, 2.45) is 0 Å². The number of imide groups is 1. The molecule has 0 aliphatic carbocycles. The maximum atomic E-state index is 12.7. The second kappa shape index (κ2) is 6.89. The van der Waals surface area contributed by atoms with Gasteiger partial charge in [0.25, 0.3) is 11.8 Å². The highest BCUT2D eigenvalue weighted by molar-refractivity contribution is 6.55. The van der Waals surface area contributed by atoms with Crippen LogP contribution in [0.4, 0.5) is 0 Å². The van der Waals surface area contributed by atoms with E-state index in [-0.39, 0.29) is 23.1 Å². The molecule has 0 aromatic heterocycles. The van der Waals surface area contributed by atoms with Crippen LogP contribution < -0.4 is 4.74 Å². The van der Waals surface area contributed by atoms with Gasteiger partial charge in [-0.15, -0.1) is 0 Å². The van der Waals surface area contributed by atoms with Gasteiger partial charge in [0.15, 0.2) is 0 Å². The molecule has 2 aromatic carbocycles. The van der Waals surface area contributed by atoms with Crippen LogP contribution >= 0.6 is 11.6 Å². The minimum atomic E-state index is -0.464. The van der Waals surface area contributed by atoms with Gasteiger partial charge in [0, 0.05) is 0 Å². The van der Waals surface area contributed by atoms with Crippen LogP contribution in [-0.2, 0) is 16.1 Å². The largest absolute Gasteiger partial charge is 0.494 e. The van der Waals surface area contributed by atoms with E-state index >= 15 is 0 Å². The molecule has 0 fully saturated rings. The number of benzene rings is 2. The molecule has 0 bridgehead atoms. The molecule has 0 saturated heterocycles. The average Bonchev–Trinajstić information content (AvgIpc) is 2.81. The van der Waals surface area contributed by atoms with Gasteiger partial charge in [-0.1, -0.05) is 54.1 Å². The molecule has 1 aliphatic heterocycles. The maximum Gasteiger partial charge on any atom is 0.273 e. The summed E-state index contributed by atoms with van der Waals surface area (Å²) in [7, 11) is 0. The topological polar surface area (TPSA) is 46.6 Å². The Kier molecular flexibility index (Phi) is 4.67. The van der Waals surface area contributed by atoms with E-state index in [9.17, 15) is 9.59 Å². The molecule has 2 aromatic rings. The Bertz CT molecular complexity index is 797. The van der Waals surface area contributed by atoms with E-state index in [4.69, 9.17) is 16.3 Å². The lowest BCUT2D eigenvalue weighted by Crippen LogP contribution is -2.30. The van der Waals surface area contributed by atoms with Crippen molar-refractivity contribution in [1.29, 1.82) is 0 Å². The standard InChI is InChI=1S/C19H16ClNO3/c1-2-24-15-10-8-14(9-11-15)16-17(20)19(23)21(18(16)22)12-13-6-4-3-5-7-13/h3-11H,2,12H2,1H3. The second-order valence-electron chi connectivity index (χ2n) is 5.33. The summed E-state index contributed by atoms with van der Waals surface area (Å²) in [6.45, 7) is 2.66. The molecule has 3 rings (SSSR count). The third kappa shape index (κ3) is 3.05. The zero-order chi connectivity index (χ0) is 17.1. The van der Waals surface area contributed by atoms with Crippen LogP contribution in [0.25, 0.3) is 5.57 Å². The Balaban J connectivity index is 1.86. The molecule has 0 radical (unpaired) electrons. The monoisotopic (exact) mass is 341 g/mol. The Morgan fingerprint density at radius 1 is 0.958 bits per heavy atom. The Hall–Kier alpha value is -2.59. The van der Waals surface area contributed by atoms with E-state index in [2.05, 4.69) is 0 Å². The van der Waals surface area contributed by atoms with Crippen LogP contribution in [0.2, 0.25) is 0 Å². The number of ether oxygens (including phenoxy) is 1. The van der Waals surface area contributed by atoms with Crippen molar-refractivity contribution >= 4 is 29.0 Å². The van der Waals surface area contributed by atoms with Crippen molar-refractivity contribution in [3.05, 3.63) is 70.8 Å². The van der Waals surface area contributed by atoms with Gasteiger partial charge in [-0.3, -0.25) is 14.5 Å². The van der Waals surface area contributed by atoms with E-state index in [1.165, 1.54) is 4.90 Å². The van der Waals surface area contributed by atoms with Gasteiger partial charge in [0.05, 0.1) is 18.7 Å². The molecule has 122 valence electrons. The fraction of sp³-hybridized carbons (Fsp3) is 0.158. The molecule has 0 spiro atoms. The fourth-order valence-electron chi connectivity index (χ4n) is 2.59. The summed E-state index contributed by atoms with van der Waals surface area (Å²) in [4.78, 5) is 26.2. The van der Waals surface area contributed by atoms with Gasteiger partial charge in [-0.25, -0.2) is 0 Å². The number of nitrogens with zero attached hydrogens (tertiary/aromatic N) is 1. The van der Waals surface area contributed by atoms with Gasteiger partial charge in [-0.2, -0.15) is 0 Å². The molecule has 0 N–H and O–H groups in total. The predicted octanol–water partition coefficient (Wildman–Crippen LogP) is 3.60. The highest BCUT2D eigenvalue weighted by Crippen LogP contribution is 2.33. The summed E-state index contributed by atoms with van der Waals surface area (Å²) in [5.74, 6) is -0.136. The van der Waals surface area contributed by atoms with Gasteiger partial charge in [-0.05, 0) is 30.2 Å². The summed E-state index contributed by atoms with van der Waals surface area (Å²) >= 11 is 6.16. The van der Waals surface area contributed by atoms with Crippen LogP contribution in [0.15, 0.2) is 59.6 Å².